The topological polar surface area (TPSA) is 39.7 Å². The fraction of sp³-hybridized carbons (Fsp3) is 0.625. The van der Waals surface area contributed by atoms with Crippen LogP contribution in [0.2, 0.25) is 0 Å². The Balaban J connectivity index is 1.70. The van der Waals surface area contributed by atoms with Gasteiger partial charge in [-0.25, -0.2) is 0 Å². The molecule has 4 heteroatoms. The van der Waals surface area contributed by atoms with Gasteiger partial charge in [-0.1, -0.05) is 6.07 Å². The summed E-state index contributed by atoms with van der Waals surface area (Å²) < 4.78 is 16.2. The Hall–Kier alpha value is -1.26. The van der Waals surface area contributed by atoms with Crippen LogP contribution in [0.15, 0.2) is 18.2 Å². The molecule has 0 amide bonds. The summed E-state index contributed by atoms with van der Waals surface area (Å²) in [5.74, 6) is 1.75. The number of hydrogen-bond acceptors (Lipinski definition) is 4. The van der Waals surface area contributed by atoms with Gasteiger partial charge in [0.2, 0.25) is 0 Å². The van der Waals surface area contributed by atoms with E-state index in [1.807, 2.05) is 12.1 Å². The molecule has 2 fully saturated rings. The molecule has 0 bridgehead atoms. The summed E-state index contributed by atoms with van der Waals surface area (Å²) in [5, 5.41) is 3.63. The maximum atomic E-state index is 5.49. The molecule has 0 aliphatic carbocycles. The van der Waals surface area contributed by atoms with E-state index in [0.29, 0.717) is 11.5 Å². The summed E-state index contributed by atoms with van der Waals surface area (Å²) in [4.78, 5) is 0. The van der Waals surface area contributed by atoms with E-state index in [4.69, 9.17) is 14.2 Å². The molecule has 1 N–H and O–H groups in total. The largest absolute Gasteiger partial charge is 0.497 e. The van der Waals surface area contributed by atoms with E-state index in [-0.39, 0.29) is 0 Å². The molecule has 1 aromatic rings. The van der Waals surface area contributed by atoms with Crippen molar-refractivity contribution in [2.75, 3.05) is 34.0 Å². The zero-order valence-electron chi connectivity index (χ0n) is 12.3. The SMILES string of the molecule is COc1ccc(CC2CC3(CCN2)COC3)c(OC)c1. The molecular weight excluding hydrogens is 254 g/mol. The molecule has 4 nitrogen and oxygen atoms in total. The van der Waals surface area contributed by atoms with Crippen LogP contribution in [0.25, 0.3) is 0 Å². The fourth-order valence-electron chi connectivity index (χ4n) is 3.32. The van der Waals surface area contributed by atoms with Crippen LogP contribution in [0.3, 0.4) is 0 Å². The normalized spacial score (nSPS) is 24.2. The lowest BCUT2D eigenvalue weighted by Crippen LogP contribution is -2.54. The predicted molar refractivity (Wildman–Crippen MR) is 77.5 cm³/mol. The molecule has 2 aliphatic heterocycles. The number of piperidine rings is 1. The average molecular weight is 277 g/mol. The summed E-state index contributed by atoms with van der Waals surface area (Å²) in [5.41, 5.74) is 1.68. The monoisotopic (exact) mass is 277 g/mol. The molecule has 0 saturated carbocycles. The van der Waals surface area contributed by atoms with Crippen LogP contribution in [0.4, 0.5) is 0 Å². The van der Waals surface area contributed by atoms with Gasteiger partial charge in [0.15, 0.2) is 0 Å². The second-order valence-corrected chi connectivity index (χ2v) is 5.98. The van der Waals surface area contributed by atoms with Gasteiger partial charge in [-0.3, -0.25) is 0 Å². The Bertz CT molecular complexity index is 471. The molecule has 20 heavy (non-hydrogen) atoms. The molecule has 2 saturated heterocycles. The highest BCUT2D eigenvalue weighted by Gasteiger charge is 2.42. The van der Waals surface area contributed by atoms with Gasteiger partial charge in [-0.05, 0) is 37.4 Å². The Morgan fingerprint density at radius 1 is 1.30 bits per heavy atom. The van der Waals surface area contributed by atoms with Crippen LogP contribution in [0.1, 0.15) is 18.4 Å². The molecule has 1 atom stereocenters. The van der Waals surface area contributed by atoms with Gasteiger partial charge in [0, 0.05) is 17.5 Å². The lowest BCUT2D eigenvalue weighted by atomic mass is 9.73. The number of hydrogen-bond donors (Lipinski definition) is 1. The van der Waals surface area contributed by atoms with Crippen molar-refractivity contribution >= 4 is 0 Å². The van der Waals surface area contributed by atoms with Crippen LogP contribution in [-0.2, 0) is 11.2 Å². The smallest absolute Gasteiger partial charge is 0.125 e. The molecule has 0 aromatic heterocycles. The predicted octanol–water partition coefficient (Wildman–Crippen LogP) is 2.01. The number of ether oxygens (including phenoxy) is 3. The summed E-state index contributed by atoms with van der Waals surface area (Å²) >= 11 is 0. The van der Waals surface area contributed by atoms with Crippen molar-refractivity contribution in [1.29, 1.82) is 0 Å². The second kappa shape index (κ2) is 5.62. The van der Waals surface area contributed by atoms with Gasteiger partial charge >= 0.3 is 0 Å². The maximum absolute atomic E-state index is 5.49. The number of methoxy groups -OCH3 is 2. The summed E-state index contributed by atoms with van der Waals surface area (Å²) in [7, 11) is 3.39. The maximum Gasteiger partial charge on any atom is 0.125 e. The van der Waals surface area contributed by atoms with E-state index in [2.05, 4.69) is 11.4 Å². The van der Waals surface area contributed by atoms with Crippen molar-refractivity contribution in [3.63, 3.8) is 0 Å². The molecule has 1 unspecified atom stereocenters. The van der Waals surface area contributed by atoms with Gasteiger partial charge in [0.1, 0.15) is 11.5 Å². The first kappa shape index (κ1) is 13.7. The van der Waals surface area contributed by atoms with Gasteiger partial charge in [0.25, 0.3) is 0 Å². The molecule has 1 aromatic carbocycles. The lowest BCUT2D eigenvalue weighted by molar-refractivity contribution is -0.133. The van der Waals surface area contributed by atoms with Crippen LogP contribution >= 0.6 is 0 Å². The first-order valence-electron chi connectivity index (χ1n) is 7.27. The van der Waals surface area contributed by atoms with Crippen molar-refractivity contribution in [2.45, 2.75) is 25.3 Å². The van der Waals surface area contributed by atoms with E-state index < -0.39 is 0 Å². The zero-order chi connectivity index (χ0) is 14.0. The summed E-state index contributed by atoms with van der Waals surface area (Å²) in [6.45, 7) is 2.96. The van der Waals surface area contributed by atoms with Crippen molar-refractivity contribution < 1.29 is 14.2 Å². The van der Waals surface area contributed by atoms with Crippen molar-refractivity contribution in [3.8, 4) is 11.5 Å². The molecule has 2 aliphatic rings. The van der Waals surface area contributed by atoms with Crippen molar-refractivity contribution in [1.82, 2.24) is 5.32 Å². The van der Waals surface area contributed by atoms with E-state index >= 15 is 0 Å². The molecule has 2 heterocycles. The highest BCUT2D eigenvalue weighted by atomic mass is 16.5. The third-order valence-corrected chi connectivity index (χ3v) is 4.54. The summed E-state index contributed by atoms with van der Waals surface area (Å²) in [6, 6.07) is 6.58. The van der Waals surface area contributed by atoms with E-state index in [0.717, 1.165) is 37.7 Å². The molecular formula is C16H23NO3. The Morgan fingerprint density at radius 2 is 2.15 bits per heavy atom. The van der Waals surface area contributed by atoms with Gasteiger partial charge in [-0.2, -0.15) is 0 Å². The van der Waals surface area contributed by atoms with Gasteiger partial charge in [-0.15, -0.1) is 0 Å². The Morgan fingerprint density at radius 3 is 2.80 bits per heavy atom. The number of rotatable bonds is 4. The Kier molecular flexibility index (Phi) is 3.85. The van der Waals surface area contributed by atoms with Crippen LogP contribution in [-0.4, -0.2) is 40.0 Å². The van der Waals surface area contributed by atoms with Crippen LogP contribution < -0.4 is 14.8 Å². The third kappa shape index (κ3) is 2.63. The van der Waals surface area contributed by atoms with Crippen molar-refractivity contribution in [3.05, 3.63) is 23.8 Å². The average Bonchev–Trinajstić information content (AvgIpc) is 2.46. The number of nitrogens with one attached hydrogen (secondary N) is 1. The lowest BCUT2D eigenvalue weighted by Gasteiger charge is -2.47. The first-order valence-corrected chi connectivity index (χ1v) is 7.27. The van der Waals surface area contributed by atoms with E-state index in [9.17, 15) is 0 Å². The minimum atomic E-state index is 0.440. The molecule has 3 rings (SSSR count). The van der Waals surface area contributed by atoms with Gasteiger partial charge < -0.3 is 19.5 Å². The van der Waals surface area contributed by atoms with Gasteiger partial charge in [0.05, 0.1) is 27.4 Å². The standard InChI is InChI=1S/C16H23NO3/c1-18-14-4-3-12(15(8-14)19-2)7-13-9-16(5-6-17-13)10-20-11-16/h3-4,8,13,17H,5-7,9-11H2,1-2H3. The molecule has 0 radical (unpaired) electrons. The quantitative estimate of drug-likeness (QED) is 0.914. The highest BCUT2D eigenvalue weighted by molar-refractivity contribution is 5.41. The third-order valence-electron chi connectivity index (χ3n) is 4.54. The van der Waals surface area contributed by atoms with Crippen molar-refractivity contribution in [2.24, 2.45) is 5.41 Å². The zero-order valence-corrected chi connectivity index (χ0v) is 12.3. The fourth-order valence-corrected chi connectivity index (χ4v) is 3.32. The van der Waals surface area contributed by atoms with Crippen LogP contribution in [0, 0.1) is 5.41 Å². The van der Waals surface area contributed by atoms with E-state index in [1.54, 1.807) is 14.2 Å². The molecule has 110 valence electrons. The summed E-state index contributed by atoms with van der Waals surface area (Å²) in [6.07, 6.45) is 3.43. The minimum absolute atomic E-state index is 0.440. The van der Waals surface area contributed by atoms with Crippen LogP contribution in [0.5, 0.6) is 11.5 Å². The molecule has 1 spiro atoms. The minimum Gasteiger partial charge on any atom is -0.497 e. The Labute approximate surface area is 120 Å². The number of benzene rings is 1. The first-order chi connectivity index (χ1) is 9.74. The van der Waals surface area contributed by atoms with E-state index in [1.165, 1.54) is 18.4 Å². The highest BCUT2D eigenvalue weighted by Crippen LogP contribution is 2.39. The second-order valence-electron chi connectivity index (χ2n) is 5.98.